The molecule has 4 heteroatoms. The summed E-state index contributed by atoms with van der Waals surface area (Å²) in [5.74, 6) is 0.604. The lowest BCUT2D eigenvalue weighted by molar-refractivity contribution is 0.0948. The number of carbonyl (C=O) groups excluding carboxylic acids is 1. The van der Waals surface area contributed by atoms with Crippen LogP contribution in [-0.2, 0) is 7.05 Å². The lowest BCUT2D eigenvalue weighted by Gasteiger charge is -2.26. The molecule has 1 unspecified atom stereocenters. The molecular weight excluding hydrogens is 298 g/mol. The molecule has 4 nitrogen and oxygen atoms in total. The van der Waals surface area contributed by atoms with E-state index in [1.165, 1.54) is 6.42 Å². The first-order valence-electron chi connectivity index (χ1n) is 8.88. The molecule has 3 rings (SSSR count). The van der Waals surface area contributed by atoms with Crippen LogP contribution in [0, 0.1) is 11.3 Å². The van der Waals surface area contributed by atoms with E-state index in [2.05, 4.69) is 31.0 Å². The van der Waals surface area contributed by atoms with Crippen molar-refractivity contribution in [3.63, 3.8) is 0 Å². The molecule has 24 heavy (non-hydrogen) atoms. The fraction of sp³-hybridized carbons (Fsp3) is 0.550. The van der Waals surface area contributed by atoms with Gasteiger partial charge < -0.3 is 14.8 Å². The van der Waals surface area contributed by atoms with Gasteiger partial charge in [0.25, 0.3) is 5.91 Å². The van der Waals surface area contributed by atoms with Gasteiger partial charge in [-0.15, -0.1) is 0 Å². The van der Waals surface area contributed by atoms with Gasteiger partial charge in [0.1, 0.15) is 0 Å². The Hall–Kier alpha value is -1.81. The van der Waals surface area contributed by atoms with Crippen LogP contribution in [0.1, 0.15) is 37.6 Å². The standard InChI is InChI=1S/C20H29N3O/c1-20(2,3)14-23-10-9-15(12-23)11-21-19(24)17-13-22(4)18-8-6-5-7-16(17)18/h5-8,13,15H,9-12,14H2,1-4H3,(H,21,24). The fourth-order valence-electron chi connectivity index (χ4n) is 3.75. The van der Waals surface area contributed by atoms with Crippen molar-refractivity contribution in [1.82, 2.24) is 14.8 Å². The maximum absolute atomic E-state index is 12.6. The average molecular weight is 327 g/mol. The Balaban J connectivity index is 1.58. The molecule has 1 N–H and O–H groups in total. The lowest BCUT2D eigenvalue weighted by atomic mass is 9.96. The van der Waals surface area contributed by atoms with Crippen LogP contribution >= 0.6 is 0 Å². The quantitative estimate of drug-likeness (QED) is 0.936. The Labute approximate surface area is 144 Å². The number of nitrogens with zero attached hydrogens (tertiary/aromatic N) is 2. The summed E-state index contributed by atoms with van der Waals surface area (Å²) < 4.78 is 2.02. The maximum atomic E-state index is 12.6. The van der Waals surface area contributed by atoms with Crippen LogP contribution in [0.3, 0.4) is 0 Å². The van der Waals surface area contributed by atoms with Crippen molar-refractivity contribution in [1.29, 1.82) is 0 Å². The van der Waals surface area contributed by atoms with Crippen molar-refractivity contribution in [2.75, 3.05) is 26.2 Å². The number of hydrogen-bond acceptors (Lipinski definition) is 2. The van der Waals surface area contributed by atoms with Gasteiger partial charge in [0.2, 0.25) is 0 Å². The molecule has 1 fully saturated rings. The minimum Gasteiger partial charge on any atom is -0.352 e. The maximum Gasteiger partial charge on any atom is 0.253 e. The van der Waals surface area contributed by atoms with E-state index in [-0.39, 0.29) is 5.91 Å². The van der Waals surface area contributed by atoms with E-state index >= 15 is 0 Å². The molecule has 1 atom stereocenters. The fourth-order valence-corrected chi connectivity index (χ4v) is 3.75. The van der Waals surface area contributed by atoms with Gasteiger partial charge >= 0.3 is 0 Å². The van der Waals surface area contributed by atoms with Crippen molar-refractivity contribution in [2.24, 2.45) is 18.4 Å². The number of aryl methyl sites for hydroxylation is 1. The summed E-state index contributed by atoms with van der Waals surface area (Å²) in [5.41, 5.74) is 2.21. The van der Waals surface area contributed by atoms with E-state index in [1.54, 1.807) is 0 Å². The Morgan fingerprint density at radius 2 is 2.04 bits per heavy atom. The molecule has 1 aliphatic rings. The third kappa shape index (κ3) is 3.81. The molecule has 2 aromatic rings. The van der Waals surface area contributed by atoms with Gasteiger partial charge in [0, 0.05) is 43.8 Å². The second-order valence-electron chi connectivity index (χ2n) is 8.33. The molecule has 1 saturated heterocycles. The van der Waals surface area contributed by atoms with Crippen molar-refractivity contribution >= 4 is 16.8 Å². The number of para-hydroxylation sites is 1. The number of rotatable bonds is 4. The van der Waals surface area contributed by atoms with E-state index in [0.717, 1.165) is 42.6 Å². The predicted molar refractivity (Wildman–Crippen MR) is 99.3 cm³/mol. The normalized spacial score (nSPS) is 19.1. The van der Waals surface area contributed by atoms with Crippen LogP contribution in [-0.4, -0.2) is 41.6 Å². The molecule has 1 aliphatic heterocycles. The number of fused-ring (bicyclic) bond motifs is 1. The van der Waals surface area contributed by atoms with E-state index in [0.29, 0.717) is 11.3 Å². The van der Waals surface area contributed by atoms with Crippen LogP contribution < -0.4 is 5.32 Å². The molecular formula is C20H29N3O. The zero-order valence-corrected chi connectivity index (χ0v) is 15.3. The molecule has 130 valence electrons. The van der Waals surface area contributed by atoms with Gasteiger partial charge in [-0.2, -0.15) is 0 Å². The molecule has 0 bridgehead atoms. The Morgan fingerprint density at radius 1 is 1.29 bits per heavy atom. The molecule has 0 aliphatic carbocycles. The zero-order valence-electron chi connectivity index (χ0n) is 15.3. The SMILES string of the molecule is Cn1cc(C(=O)NCC2CCN(CC(C)(C)C)C2)c2ccccc21. The lowest BCUT2D eigenvalue weighted by Crippen LogP contribution is -2.33. The second-order valence-corrected chi connectivity index (χ2v) is 8.33. The number of likely N-dealkylation sites (tertiary alicyclic amines) is 1. The van der Waals surface area contributed by atoms with Gasteiger partial charge in [-0.1, -0.05) is 39.0 Å². The number of amides is 1. The van der Waals surface area contributed by atoms with Crippen molar-refractivity contribution in [3.8, 4) is 0 Å². The predicted octanol–water partition coefficient (Wildman–Crippen LogP) is 3.28. The molecule has 2 heterocycles. The second kappa shape index (κ2) is 6.60. The number of aromatic nitrogens is 1. The smallest absolute Gasteiger partial charge is 0.253 e. The molecule has 1 aromatic heterocycles. The van der Waals surface area contributed by atoms with Crippen LogP contribution in [0.5, 0.6) is 0 Å². The van der Waals surface area contributed by atoms with E-state index in [9.17, 15) is 4.79 Å². The Bertz CT molecular complexity index is 726. The summed E-state index contributed by atoms with van der Waals surface area (Å²) in [7, 11) is 1.99. The summed E-state index contributed by atoms with van der Waals surface area (Å²) in [5, 5.41) is 4.18. The van der Waals surface area contributed by atoms with Crippen molar-refractivity contribution in [2.45, 2.75) is 27.2 Å². The van der Waals surface area contributed by atoms with Crippen LogP contribution in [0.4, 0.5) is 0 Å². The summed E-state index contributed by atoms with van der Waals surface area (Å²) in [6.07, 6.45) is 3.10. The van der Waals surface area contributed by atoms with Crippen LogP contribution in [0.15, 0.2) is 30.5 Å². The highest BCUT2D eigenvalue weighted by Gasteiger charge is 2.26. The minimum atomic E-state index is 0.0427. The zero-order chi connectivity index (χ0) is 17.3. The van der Waals surface area contributed by atoms with Gasteiger partial charge in [-0.05, 0) is 30.4 Å². The first kappa shape index (κ1) is 17.0. The number of nitrogens with one attached hydrogen (secondary N) is 1. The Kier molecular flexibility index (Phi) is 4.68. The first-order valence-corrected chi connectivity index (χ1v) is 8.88. The monoisotopic (exact) mass is 327 g/mol. The minimum absolute atomic E-state index is 0.0427. The first-order chi connectivity index (χ1) is 11.3. The highest BCUT2D eigenvalue weighted by atomic mass is 16.1. The molecule has 0 saturated carbocycles. The van der Waals surface area contributed by atoms with Crippen molar-refractivity contribution in [3.05, 3.63) is 36.0 Å². The topological polar surface area (TPSA) is 37.3 Å². The molecule has 1 amide bonds. The molecule has 1 aromatic carbocycles. The third-order valence-corrected chi connectivity index (χ3v) is 4.76. The average Bonchev–Trinajstić information content (AvgIpc) is 3.08. The summed E-state index contributed by atoms with van der Waals surface area (Å²) in [6, 6.07) is 8.06. The summed E-state index contributed by atoms with van der Waals surface area (Å²) >= 11 is 0. The van der Waals surface area contributed by atoms with E-state index in [4.69, 9.17) is 0 Å². The molecule has 0 radical (unpaired) electrons. The largest absolute Gasteiger partial charge is 0.352 e. The number of carbonyl (C=O) groups is 1. The van der Waals surface area contributed by atoms with E-state index in [1.807, 2.05) is 42.1 Å². The van der Waals surface area contributed by atoms with Crippen LogP contribution in [0.2, 0.25) is 0 Å². The van der Waals surface area contributed by atoms with Gasteiger partial charge in [-0.3, -0.25) is 4.79 Å². The summed E-state index contributed by atoms with van der Waals surface area (Å²) in [4.78, 5) is 15.1. The third-order valence-electron chi connectivity index (χ3n) is 4.76. The van der Waals surface area contributed by atoms with Crippen molar-refractivity contribution < 1.29 is 4.79 Å². The van der Waals surface area contributed by atoms with Gasteiger partial charge in [-0.25, -0.2) is 0 Å². The van der Waals surface area contributed by atoms with E-state index < -0.39 is 0 Å². The Morgan fingerprint density at radius 3 is 2.79 bits per heavy atom. The number of hydrogen-bond donors (Lipinski definition) is 1. The highest BCUT2D eigenvalue weighted by Crippen LogP contribution is 2.23. The highest BCUT2D eigenvalue weighted by molar-refractivity contribution is 6.06. The summed E-state index contributed by atoms with van der Waals surface area (Å²) in [6.45, 7) is 11.0. The molecule has 0 spiro atoms. The van der Waals surface area contributed by atoms with Gasteiger partial charge in [0.15, 0.2) is 0 Å². The van der Waals surface area contributed by atoms with Gasteiger partial charge in [0.05, 0.1) is 5.56 Å². The van der Waals surface area contributed by atoms with Crippen LogP contribution in [0.25, 0.3) is 10.9 Å². The number of benzene rings is 1.